The lowest BCUT2D eigenvalue weighted by molar-refractivity contribution is -0.136. The Hall–Kier alpha value is -2.56. The number of oxime groups is 1. The highest BCUT2D eigenvalue weighted by atomic mass is 35.5. The number of benzene rings is 2. The molecule has 0 N–H and O–H groups in total. The summed E-state index contributed by atoms with van der Waals surface area (Å²) < 4.78 is 5.61. The Bertz CT molecular complexity index is 889. The summed E-state index contributed by atoms with van der Waals surface area (Å²) in [5.41, 5.74) is 2.06. The highest BCUT2D eigenvalue weighted by Gasteiger charge is 2.27. The van der Waals surface area contributed by atoms with Crippen LogP contribution in [0, 0.1) is 0 Å². The maximum atomic E-state index is 12.1. The van der Waals surface area contributed by atoms with Crippen LogP contribution in [0.2, 0.25) is 10.0 Å². The first-order chi connectivity index (χ1) is 12.1. The lowest BCUT2D eigenvalue weighted by atomic mass is 10.0. The molecule has 1 heterocycles. The van der Waals surface area contributed by atoms with Gasteiger partial charge in [0, 0.05) is 16.1 Å². The van der Waals surface area contributed by atoms with E-state index >= 15 is 0 Å². The number of hydrogen-bond donors (Lipinski definition) is 0. The second-order valence-electron chi connectivity index (χ2n) is 5.15. The van der Waals surface area contributed by atoms with Crippen molar-refractivity contribution in [1.29, 1.82) is 0 Å². The zero-order valence-electron chi connectivity index (χ0n) is 13.0. The lowest BCUT2D eigenvalue weighted by Crippen LogP contribution is -2.07. The van der Waals surface area contributed by atoms with Crippen LogP contribution in [0.25, 0.3) is 6.08 Å². The third-order valence-corrected chi connectivity index (χ3v) is 3.92. The Morgan fingerprint density at radius 1 is 1.20 bits per heavy atom. The van der Waals surface area contributed by atoms with Crippen molar-refractivity contribution >= 4 is 41.0 Å². The van der Waals surface area contributed by atoms with Gasteiger partial charge in [0.05, 0.1) is 10.6 Å². The van der Waals surface area contributed by atoms with E-state index in [2.05, 4.69) is 11.7 Å². The molecule has 0 amide bonds. The van der Waals surface area contributed by atoms with E-state index in [-0.39, 0.29) is 6.61 Å². The van der Waals surface area contributed by atoms with Gasteiger partial charge in [-0.1, -0.05) is 71.3 Å². The predicted octanol–water partition coefficient (Wildman–Crippen LogP) is 4.90. The first kappa shape index (κ1) is 17.3. The largest absolute Gasteiger partial charge is 0.487 e. The van der Waals surface area contributed by atoms with Crippen molar-refractivity contribution in [2.24, 2.45) is 5.16 Å². The fourth-order valence-electron chi connectivity index (χ4n) is 2.35. The normalized spacial score (nSPS) is 15.0. The van der Waals surface area contributed by atoms with Crippen molar-refractivity contribution < 1.29 is 14.4 Å². The number of hydrogen-bond acceptors (Lipinski definition) is 4. The van der Waals surface area contributed by atoms with E-state index < -0.39 is 5.97 Å². The van der Waals surface area contributed by atoms with Crippen LogP contribution in [0.3, 0.4) is 0 Å². The standard InChI is InChI=1S/C19H13Cl2NO3/c1-2-8-24-18-13(9-14(20)11-16(18)21)10-15-17(22-25-19(15)23)12-6-4-3-5-7-12/h2-7,9-11H,1,8H2/b15-10-. The summed E-state index contributed by atoms with van der Waals surface area (Å²) in [6.07, 6.45) is 3.21. The van der Waals surface area contributed by atoms with Crippen LogP contribution in [0.15, 0.2) is 65.8 Å². The summed E-state index contributed by atoms with van der Waals surface area (Å²) in [7, 11) is 0. The van der Waals surface area contributed by atoms with Crippen molar-refractivity contribution in [2.45, 2.75) is 0 Å². The molecule has 2 aromatic carbocycles. The monoisotopic (exact) mass is 373 g/mol. The van der Waals surface area contributed by atoms with Gasteiger partial charge in [0.25, 0.3) is 0 Å². The van der Waals surface area contributed by atoms with Crippen LogP contribution in [0.5, 0.6) is 5.75 Å². The molecule has 3 rings (SSSR count). The van der Waals surface area contributed by atoms with Gasteiger partial charge >= 0.3 is 5.97 Å². The van der Waals surface area contributed by atoms with Gasteiger partial charge in [0.1, 0.15) is 18.1 Å². The molecule has 0 saturated heterocycles. The molecule has 0 bridgehead atoms. The molecule has 126 valence electrons. The zero-order chi connectivity index (χ0) is 17.8. The summed E-state index contributed by atoms with van der Waals surface area (Å²) >= 11 is 12.3. The molecular weight excluding hydrogens is 361 g/mol. The molecule has 0 aliphatic carbocycles. The number of carbonyl (C=O) groups excluding carboxylic acids is 1. The molecule has 25 heavy (non-hydrogen) atoms. The third-order valence-electron chi connectivity index (χ3n) is 3.42. The van der Waals surface area contributed by atoms with E-state index in [9.17, 15) is 4.79 Å². The number of carbonyl (C=O) groups is 1. The quantitative estimate of drug-likeness (QED) is 0.425. The molecule has 0 unspecified atom stereocenters. The molecule has 0 spiro atoms. The van der Waals surface area contributed by atoms with Gasteiger partial charge in [0.2, 0.25) is 0 Å². The predicted molar refractivity (Wildman–Crippen MR) is 99.2 cm³/mol. The zero-order valence-corrected chi connectivity index (χ0v) is 14.6. The Balaban J connectivity index is 2.08. The van der Waals surface area contributed by atoms with Crippen molar-refractivity contribution in [3.05, 3.63) is 81.9 Å². The fraction of sp³-hybridized carbons (Fsp3) is 0.0526. The van der Waals surface area contributed by atoms with Gasteiger partial charge in [-0.25, -0.2) is 4.79 Å². The average Bonchev–Trinajstić information content (AvgIpc) is 2.96. The fourth-order valence-corrected chi connectivity index (χ4v) is 2.91. The van der Waals surface area contributed by atoms with Gasteiger partial charge < -0.3 is 9.57 Å². The van der Waals surface area contributed by atoms with Gasteiger partial charge in [-0.15, -0.1) is 0 Å². The van der Waals surface area contributed by atoms with Gasteiger partial charge in [0.15, 0.2) is 0 Å². The summed E-state index contributed by atoms with van der Waals surface area (Å²) in [4.78, 5) is 17.0. The van der Waals surface area contributed by atoms with Gasteiger partial charge in [-0.3, -0.25) is 0 Å². The van der Waals surface area contributed by atoms with Crippen molar-refractivity contribution in [3.63, 3.8) is 0 Å². The molecule has 6 heteroatoms. The Morgan fingerprint density at radius 2 is 1.96 bits per heavy atom. The topological polar surface area (TPSA) is 47.9 Å². The van der Waals surface area contributed by atoms with Crippen LogP contribution in [-0.4, -0.2) is 18.3 Å². The number of nitrogens with zero attached hydrogens (tertiary/aromatic N) is 1. The summed E-state index contributed by atoms with van der Waals surface area (Å²) in [6, 6.07) is 12.5. The Kier molecular flexibility index (Phi) is 5.22. The number of ether oxygens (including phenoxy) is 1. The summed E-state index contributed by atoms with van der Waals surface area (Å²) in [6.45, 7) is 3.88. The molecule has 1 aliphatic rings. The smallest absolute Gasteiger partial charge is 0.368 e. The molecule has 4 nitrogen and oxygen atoms in total. The molecule has 0 fully saturated rings. The SMILES string of the molecule is C=CCOc1c(Cl)cc(Cl)cc1/C=C1\C(=O)ON=C1c1ccccc1. The van der Waals surface area contributed by atoms with Crippen molar-refractivity contribution in [1.82, 2.24) is 0 Å². The highest BCUT2D eigenvalue weighted by molar-refractivity contribution is 6.36. The minimum atomic E-state index is -0.551. The van der Waals surface area contributed by atoms with Crippen LogP contribution >= 0.6 is 23.2 Å². The second-order valence-corrected chi connectivity index (χ2v) is 5.99. The molecule has 0 saturated carbocycles. The van der Waals surface area contributed by atoms with Crippen LogP contribution < -0.4 is 4.74 Å². The first-order valence-electron chi connectivity index (χ1n) is 7.39. The molecular formula is C19H13Cl2NO3. The maximum Gasteiger partial charge on any atom is 0.368 e. The molecule has 0 radical (unpaired) electrons. The molecule has 0 atom stereocenters. The van der Waals surface area contributed by atoms with Crippen molar-refractivity contribution in [3.8, 4) is 5.75 Å². The number of rotatable bonds is 5. The molecule has 2 aromatic rings. The minimum Gasteiger partial charge on any atom is -0.487 e. The van der Waals surface area contributed by atoms with E-state index in [4.69, 9.17) is 32.8 Å². The van der Waals surface area contributed by atoms with Crippen molar-refractivity contribution in [2.75, 3.05) is 6.61 Å². The maximum absolute atomic E-state index is 12.1. The van der Waals surface area contributed by atoms with E-state index in [1.807, 2.05) is 30.3 Å². The minimum absolute atomic E-state index is 0.265. The van der Waals surface area contributed by atoms with Crippen LogP contribution in [-0.2, 0) is 9.63 Å². The van der Waals surface area contributed by atoms with E-state index in [1.165, 1.54) is 0 Å². The highest BCUT2D eigenvalue weighted by Crippen LogP contribution is 2.35. The first-order valence-corrected chi connectivity index (χ1v) is 8.15. The number of halogens is 2. The van der Waals surface area contributed by atoms with Gasteiger partial charge in [-0.2, -0.15) is 0 Å². The average molecular weight is 374 g/mol. The van der Waals surface area contributed by atoms with E-state index in [0.29, 0.717) is 32.6 Å². The second kappa shape index (κ2) is 7.55. The molecule has 1 aliphatic heterocycles. The van der Waals surface area contributed by atoms with Crippen LogP contribution in [0.4, 0.5) is 0 Å². The van der Waals surface area contributed by atoms with E-state index in [1.54, 1.807) is 24.3 Å². The van der Waals surface area contributed by atoms with E-state index in [0.717, 1.165) is 5.56 Å². The van der Waals surface area contributed by atoms with Gasteiger partial charge in [-0.05, 0) is 18.2 Å². The lowest BCUT2D eigenvalue weighted by Gasteiger charge is -2.11. The van der Waals surface area contributed by atoms with Crippen LogP contribution in [0.1, 0.15) is 11.1 Å². The molecule has 0 aromatic heterocycles. The summed E-state index contributed by atoms with van der Waals surface area (Å²) in [5, 5.41) is 4.64. The Labute approximate surface area is 155 Å². The Morgan fingerprint density at radius 3 is 2.68 bits per heavy atom. The third kappa shape index (κ3) is 3.76. The summed E-state index contributed by atoms with van der Waals surface area (Å²) in [5.74, 6) is -0.143.